The lowest BCUT2D eigenvalue weighted by molar-refractivity contribution is -0.255. The van der Waals surface area contributed by atoms with E-state index < -0.39 is 5.97 Å². The summed E-state index contributed by atoms with van der Waals surface area (Å²) in [6.45, 7) is 3.09. The van der Waals surface area contributed by atoms with E-state index in [-0.39, 0.29) is 17.2 Å². The summed E-state index contributed by atoms with van der Waals surface area (Å²) >= 11 is 1.23. The van der Waals surface area contributed by atoms with Gasteiger partial charge in [0.05, 0.1) is 11.7 Å². The molecule has 0 radical (unpaired) electrons. The second kappa shape index (κ2) is 8.39. The van der Waals surface area contributed by atoms with Gasteiger partial charge in [0, 0.05) is 23.5 Å². The van der Waals surface area contributed by atoms with Gasteiger partial charge in [-0.2, -0.15) is 0 Å². The van der Waals surface area contributed by atoms with Crippen LogP contribution in [0, 0.1) is 0 Å². The number of carbonyl (C=O) groups excluding carboxylic acids is 2. The summed E-state index contributed by atoms with van der Waals surface area (Å²) in [5.74, 6) is -1.04. The summed E-state index contributed by atoms with van der Waals surface area (Å²) in [6.07, 6.45) is 0. The maximum Gasteiger partial charge on any atom is 0.233 e. The highest BCUT2D eigenvalue weighted by Crippen LogP contribution is 2.22. The summed E-state index contributed by atoms with van der Waals surface area (Å²) in [5.41, 5.74) is 1.19. The fourth-order valence-electron chi connectivity index (χ4n) is 2.17. The molecule has 0 bridgehead atoms. The van der Waals surface area contributed by atoms with E-state index in [2.05, 4.69) is 0 Å². The lowest BCUT2D eigenvalue weighted by Gasteiger charge is -2.21. The molecule has 0 saturated carbocycles. The molecular formula is C18H18NO3S-. The molecule has 0 heterocycles. The van der Waals surface area contributed by atoms with Crippen molar-refractivity contribution < 1.29 is 14.7 Å². The molecule has 4 nitrogen and oxygen atoms in total. The normalized spacial score (nSPS) is 10.3. The van der Waals surface area contributed by atoms with E-state index in [1.165, 1.54) is 17.8 Å². The molecule has 0 aliphatic heterocycles. The first-order valence-electron chi connectivity index (χ1n) is 7.36. The van der Waals surface area contributed by atoms with Crippen molar-refractivity contribution in [3.8, 4) is 0 Å². The van der Waals surface area contributed by atoms with Crippen molar-refractivity contribution >= 4 is 23.6 Å². The number of thioether (sulfide) groups is 1. The highest BCUT2D eigenvalue weighted by Gasteiger charge is 2.13. The van der Waals surface area contributed by atoms with Gasteiger partial charge in [-0.15, -0.1) is 11.8 Å². The molecule has 120 valence electrons. The molecule has 1 amide bonds. The number of carboxylic acid groups (broad SMARTS) is 1. The van der Waals surface area contributed by atoms with E-state index in [1.54, 1.807) is 23.1 Å². The summed E-state index contributed by atoms with van der Waals surface area (Å²) < 4.78 is 0. The first kappa shape index (κ1) is 17.1. The SMILES string of the molecule is CCN(Cc1ccccc1)C(=O)CSc1ccccc1C(=O)[O-]. The maximum absolute atomic E-state index is 12.4. The number of hydrogen-bond donors (Lipinski definition) is 0. The third kappa shape index (κ3) is 4.86. The van der Waals surface area contributed by atoms with Crippen LogP contribution in [0.3, 0.4) is 0 Å². The van der Waals surface area contributed by atoms with Crippen LogP contribution in [0.1, 0.15) is 22.8 Å². The average molecular weight is 328 g/mol. The smallest absolute Gasteiger partial charge is 0.233 e. The van der Waals surface area contributed by atoms with Crippen LogP contribution in [-0.2, 0) is 11.3 Å². The fourth-order valence-corrected chi connectivity index (χ4v) is 3.12. The molecule has 0 aliphatic rings. The highest BCUT2D eigenvalue weighted by atomic mass is 32.2. The molecule has 0 N–H and O–H groups in total. The Balaban J connectivity index is 1.99. The van der Waals surface area contributed by atoms with Crippen molar-refractivity contribution in [2.24, 2.45) is 0 Å². The Labute approximate surface area is 140 Å². The third-order valence-corrected chi connectivity index (χ3v) is 4.47. The first-order chi connectivity index (χ1) is 11.1. The van der Waals surface area contributed by atoms with Crippen molar-refractivity contribution in [1.29, 1.82) is 0 Å². The number of hydrogen-bond acceptors (Lipinski definition) is 4. The number of rotatable bonds is 7. The summed E-state index contributed by atoms with van der Waals surface area (Å²) in [6, 6.07) is 16.4. The van der Waals surface area contributed by atoms with Crippen molar-refractivity contribution in [3.63, 3.8) is 0 Å². The van der Waals surface area contributed by atoms with Gasteiger partial charge in [-0.3, -0.25) is 4.79 Å². The Kier molecular flexibility index (Phi) is 6.23. The molecule has 5 heteroatoms. The van der Waals surface area contributed by atoms with E-state index in [1.807, 2.05) is 37.3 Å². The standard InChI is InChI=1S/C18H19NO3S/c1-2-19(12-14-8-4-3-5-9-14)17(20)13-23-16-11-7-6-10-15(16)18(21)22/h3-11H,2,12-13H2,1H3,(H,21,22)/p-1. The lowest BCUT2D eigenvalue weighted by atomic mass is 10.2. The van der Waals surface area contributed by atoms with Gasteiger partial charge in [0.15, 0.2) is 0 Å². The number of carboxylic acids is 1. The quantitative estimate of drug-likeness (QED) is 0.731. The van der Waals surface area contributed by atoms with Crippen LogP contribution in [0.25, 0.3) is 0 Å². The van der Waals surface area contributed by atoms with Crippen LogP contribution < -0.4 is 5.11 Å². The Morgan fingerprint density at radius 2 is 1.70 bits per heavy atom. The van der Waals surface area contributed by atoms with Gasteiger partial charge in [0.25, 0.3) is 0 Å². The molecule has 23 heavy (non-hydrogen) atoms. The molecule has 2 rings (SSSR count). The monoisotopic (exact) mass is 328 g/mol. The number of nitrogens with zero attached hydrogens (tertiary/aromatic N) is 1. The van der Waals surface area contributed by atoms with Gasteiger partial charge in [-0.25, -0.2) is 0 Å². The average Bonchev–Trinajstić information content (AvgIpc) is 2.58. The minimum absolute atomic E-state index is 0.0190. The van der Waals surface area contributed by atoms with Gasteiger partial charge in [0.1, 0.15) is 0 Å². The van der Waals surface area contributed by atoms with Crippen molar-refractivity contribution in [2.75, 3.05) is 12.3 Å². The molecule has 0 spiro atoms. The minimum atomic E-state index is -1.22. The zero-order valence-electron chi connectivity index (χ0n) is 12.9. The van der Waals surface area contributed by atoms with Gasteiger partial charge in [-0.1, -0.05) is 48.5 Å². The molecule has 0 aliphatic carbocycles. The summed E-state index contributed by atoms with van der Waals surface area (Å²) in [4.78, 5) is 25.8. The van der Waals surface area contributed by atoms with Gasteiger partial charge < -0.3 is 14.8 Å². The number of amides is 1. The van der Waals surface area contributed by atoms with Gasteiger partial charge in [0.2, 0.25) is 5.91 Å². The van der Waals surface area contributed by atoms with Crippen LogP contribution in [-0.4, -0.2) is 29.1 Å². The van der Waals surface area contributed by atoms with Crippen LogP contribution in [0.2, 0.25) is 0 Å². The van der Waals surface area contributed by atoms with E-state index in [4.69, 9.17) is 0 Å². The predicted octanol–water partition coefficient (Wildman–Crippen LogP) is 2.19. The fraction of sp³-hybridized carbons (Fsp3) is 0.222. The van der Waals surface area contributed by atoms with Crippen molar-refractivity contribution in [2.45, 2.75) is 18.4 Å². The molecule has 2 aromatic carbocycles. The van der Waals surface area contributed by atoms with E-state index in [0.29, 0.717) is 18.0 Å². The zero-order chi connectivity index (χ0) is 16.7. The Bertz CT molecular complexity index is 673. The minimum Gasteiger partial charge on any atom is -0.545 e. The molecule has 0 aromatic heterocycles. The third-order valence-electron chi connectivity index (χ3n) is 3.41. The molecule has 0 saturated heterocycles. The first-order valence-corrected chi connectivity index (χ1v) is 8.35. The number of aromatic carboxylic acids is 1. The van der Waals surface area contributed by atoms with Crippen molar-refractivity contribution in [1.82, 2.24) is 4.90 Å². The number of carbonyl (C=O) groups is 2. The Hall–Kier alpha value is -2.27. The lowest BCUT2D eigenvalue weighted by Crippen LogP contribution is -2.31. The van der Waals surface area contributed by atoms with Crippen LogP contribution in [0.4, 0.5) is 0 Å². The summed E-state index contributed by atoms with van der Waals surface area (Å²) in [7, 11) is 0. The van der Waals surface area contributed by atoms with Crippen molar-refractivity contribution in [3.05, 3.63) is 65.7 Å². The maximum atomic E-state index is 12.4. The summed E-state index contributed by atoms with van der Waals surface area (Å²) in [5, 5.41) is 11.1. The van der Waals surface area contributed by atoms with E-state index in [0.717, 1.165) is 5.56 Å². The largest absolute Gasteiger partial charge is 0.545 e. The predicted molar refractivity (Wildman–Crippen MR) is 89.0 cm³/mol. The second-order valence-electron chi connectivity index (χ2n) is 4.97. The highest BCUT2D eigenvalue weighted by molar-refractivity contribution is 8.00. The van der Waals surface area contributed by atoms with E-state index in [9.17, 15) is 14.7 Å². The zero-order valence-corrected chi connectivity index (χ0v) is 13.7. The van der Waals surface area contributed by atoms with E-state index >= 15 is 0 Å². The second-order valence-corrected chi connectivity index (χ2v) is 5.98. The Morgan fingerprint density at radius 3 is 2.35 bits per heavy atom. The topological polar surface area (TPSA) is 60.4 Å². The van der Waals surface area contributed by atoms with Crippen LogP contribution in [0.5, 0.6) is 0 Å². The molecule has 0 unspecified atom stereocenters. The van der Waals surface area contributed by atoms with Crippen LogP contribution >= 0.6 is 11.8 Å². The molecular weight excluding hydrogens is 310 g/mol. The molecule has 2 aromatic rings. The van der Waals surface area contributed by atoms with Crippen LogP contribution in [0.15, 0.2) is 59.5 Å². The number of benzene rings is 2. The molecule has 0 atom stereocenters. The molecule has 0 fully saturated rings. The Morgan fingerprint density at radius 1 is 1.04 bits per heavy atom. The van der Waals surface area contributed by atoms with Gasteiger partial charge >= 0.3 is 0 Å². The van der Waals surface area contributed by atoms with Gasteiger partial charge in [-0.05, 0) is 18.6 Å².